The van der Waals surface area contributed by atoms with Crippen LogP contribution in [0.3, 0.4) is 0 Å². The third kappa shape index (κ3) is 3.99. The number of benzene rings is 1. The molecule has 0 aliphatic carbocycles. The molecule has 0 bridgehead atoms. The Kier molecular flexibility index (Phi) is 5.05. The molecule has 8 heteroatoms. The molecule has 1 fully saturated rings. The number of pyridine rings is 1. The average Bonchev–Trinajstić information content (AvgIpc) is 3.36. The van der Waals surface area contributed by atoms with Gasteiger partial charge in [0.05, 0.1) is 37.0 Å². The summed E-state index contributed by atoms with van der Waals surface area (Å²) in [5.74, 6) is 1.25. The molecule has 0 amide bonds. The zero-order valence-electron chi connectivity index (χ0n) is 16.2. The van der Waals surface area contributed by atoms with Crippen LogP contribution < -0.4 is 10.2 Å². The molecule has 1 N–H and O–H groups in total. The third-order valence-electron chi connectivity index (χ3n) is 4.91. The zero-order chi connectivity index (χ0) is 20.2. The standard InChI is InChI=1S/C22H20N6O2/c1-3-18(4-2-16(1)21-14-24-15-30-21)26-22-25-6-5-20(27-22)17-11-19(13-23-12-17)28-7-9-29-10-8-28/h1-6,11-15H,7-10H2,(H,25,26,27). The van der Waals surface area contributed by atoms with Gasteiger partial charge in [0.1, 0.15) is 0 Å². The highest BCUT2D eigenvalue weighted by Gasteiger charge is 2.13. The summed E-state index contributed by atoms with van der Waals surface area (Å²) in [6, 6.07) is 11.8. The van der Waals surface area contributed by atoms with Gasteiger partial charge < -0.3 is 19.4 Å². The van der Waals surface area contributed by atoms with Crippen molar-refractivity contribution in [2.75, 3.05) is 36.5 Å². The Labute approximate surface area is 173 Å². The van der Waals surface area contributed by atoms with E-state index < -0.39 is 0 Å². The average molecular weight is 400 g/mol. The van der Waals surface area contributed by atoms with Crippen LogP contribution in [0.2, 0.25) is 0 Å². The van der Waals surface area contributed by atoms with Crippen LogP contribution in [0.5, 0.6) is 0 Å². The van der Waals surface area contributed by atoms with Crippen molar-refractivity contribution >= 4 is 17.3 Å². The zero-order valence-corrected chi connectivity index (χ0v) is 16.2. The molecule has 0 spiro atoms. The summed E-state index contributed by atoms with van der Waals surface area (Å²) >= 11 is 0. The fourth-order valence-corrected chi connectivity index (χ4v) is 3.35. The lowest BCUT2D eigenvalue weighted by molar-refractivity contribution is 0.122. The van der Waals surface area contributed by atoms with E-state index in [-0.39, 0.29) is 0 Å². The quantitative estimate of drug-likeness (QED) is 0.541. The van der Waals surface area contributed by atoms with Crippen molar-refractivity contribution in [1.29, 1.82) is 0 Å². The van der Waals surface area contributed by atoms with Gasteiger partial charge in [-0.25, -0.2) is 15.0 Å². The minimum absolute atomic E-state index is 0.525. The lowest BCUT2D eigenvalue weighted by Crippen LogP contribution is -2.36. The molecular formula is C22H20N6O2. The highest BCUT2D eigenvalue weighted by atomic mass is 16.5. The van der Waals surface area contributed by atoms with Crippen LogP contribution >= 0.6 is 0 Å². The van der Waals surface area contributed by atoms with E-state index in [1.165, 1.54) is 6.39 Å². The third-order valence-corrected chi connectivity index (χ3v) is 4.91. The molecule has 3 aromatic heterocycles. The Morgan fingerprint density at radius 1 is 0.900 bits per heavy atom. The van der Waals surface area contributed by atoms with Gasteiger partial charge in [-0.2, -0.15) is 0 Å². The molecule has 30 heavy (non-hydrogen) atoms. The first-order chi connectivity index (χ1) is 14.8. The van der Waals surface area contributed by atoms with Crippen LogP contribution in [0.4, 0.5) is 17.3 Å². The highest BCUT2D eigenvalue weighted by molar-refractivity contribution is 5.67. The van der Waals surface area contributed by atoms with Gasteiger partial charge in [-0.3, -0.25) is 4.98 Å². The predicted octanol–water partition coefficient (Wildman–Crippen LogP) is 3.77. The van der Waals surface area contributed by atoms with E-state index in [4.69, 9.17) is 9.15 Å². The molecule has 5 rings (SSSR count). The number of hydrogen-bond donors (Lipinski definition) is 1. The normalized spacial score (nSPS) is 13.9. The van der Waals surface area contributed by atoms with Crippen molar-refractivity contribution in [3.63, 3.8) is 0 Å². The largest absolute Gasteiger partial charge is 0.444 e. The minimum Gasteiger partial charge on any atom is -0.444 e. The van der Waals surface area contributed by atoms with E-state index in [0.29, 0.717) is 5.95 Å². The molecule has 4 aromatic rings. The molecule has 0 radical (unpaired) electrons. The monoisotopic (exact) mass is 400 g/mol. The second-order valence-corrected chi connectivity index (χ2v) is 6.86. The molecule has 0 atom stereocenters. The summed E-state index contributed by atoms with van der Waals surface area (Å²) in [5.41, 5.74) is 4.68. The smallest absolute Gasteiger partial charge is 0.227 e. The van der Waals surface area contributed by atoms with Crippen LogP contribution in [-0.2, 0) is 4.74 Å². The minimum atomic E-state index is 0.525. The number of oxazole rings is 1. The van der Waals surface area contributed by atoms with E-state index in [1.54, 1.807) is 12.4 Å². The van der Waals surface area contributed by atoms with E-state index in [1.807, 2.05) is 42.7 Å². The molecule has 1 aromatic carbocycles. The fraction of sp³-hybridized carbons (Fsp3) is 0.182. The van der Waals surface area contributed by atoms with Gasteiger partial charge >= 0.3 is 0 Å². The molecule has 150 valence electrons. The number of anilines is 3. The summed E-state index contributed by atoms with van der Waals surface area (Å²) in [4.78, 5) is 19.6. The topological polar surface area (TPSA) is 89.2 Å². The Hall–Kier alpha value is -3.78. The van der Waals surface area contributed by atoms with Crippen molar-refractivity contribution in [2.24, 2.45) is 0 Å². The van der Waals surface area contributed by atoms with Crippen LogP contribution in [-0.4, -0.2) is 46.2 Å². The van der Waals surface area contributed by atoms with Crippen molar-refractivity contribution in [1.82, 2.24) is 19.9 Å². The van der Waals surface area contributed by atoms with Crippen LogP contribution in [0.25, 0.3) is 22.6 Å². The number of morpholine rings is 1. The predicted molar refractivity (Wildman–Crippen MR) is 114 cm³/mol. The molecule has 1 aliphatic heterocycles. The van der Waals surface area contributed by atoms with Crippen LogP contribution in [0, 0.1) is 0 Å². The number of nitrogens with one attached hydrogen (secondary N) is 1. The van der Waals surface area contributed by atoms with Crippen LogP contribution in [0.1, 0.15) is 0 Å². The maximum absolute atomic E-state index is 5.44. The first-order valence-corrected chi connectivity index (χ1v) is 9.72. The second kappa shape index (κ2) is 8.30. The first kappa shape index (κ1) is 18.3. The van der Waals surface area contributed by atoms with Gasteiger partial charge in [0.15, 0.2) is 12.2 Å². The summed E-state index contributed by atoms with van der Waals surface area (Å²) in [7, 11) is 0. The van der Waals surface area contributed by atoms with E-state index in [9.17, 15) is 0 Å². The van der Waals surface area contributed by atoms with Crippen molar-refractivity contribution < 1.29 is 9.15 Å². The number of nitrogens with zero attached hydrogens (tertiary/aromatic N) is 5. The van der Waals surface area contributed by atoms with Gasteiger partial charge in [0.2, 0.25) is 5.95 Å². The van der Waals surface area contributed by atoms with Gasteiger partial charge in [-0.05, 0) is 36.4 Å². The van der Waals surface area contributed by atoms with Crippen molar-refractivity contribution in [3.8, 4) is 22.6 Å². The lowest BCUT2D eigenvalue weighted by Gasteiger charge is -2.28. The summed E-state index contributed by atoms with van der Waals surface area (Å²) in [6.45, 7) is 3.21. The Balaban J connectivity index is 1.34. The molecule has 4 heterocycles. The summed E-state index contributed by atoms with van der Waals surface area (Å²) < 4.78 is 10.8. The molecule has 1 aliphatic rings. The van der Waals surface area contributed by atoms with Gasteiger partial charge in [0.25, 0.3) is 0 Å². The molecule has 0 unspecified atom stereocenters. The van der Waals surface area contributed by atoms with Gasteiger partial charge in [0, 0.05) is 42.3 Å². The van der Waals surface area contributed by atoms with Crippen molar-refractivity contribution in [2.45, 2.75) is 0 Å². The number of aromatic nitrogens is 4. The number of hydrogen-bond acceptors (Lipinski definition) is 8. The lowest BCUT2D eigenvalue weighted by atomic mass is 10.1. The molecule has 8 nitrogen and oxygen atoms in total. The first-order valence-electron chi connectivity index (χ1n) is 9.72. The van der Waals surface area contributed by atoms with Gasteiger partial charge in [-0.1, -0.05) is 0 Å². The summed E-state index contributed by atoms with van der Waals surface area (Å²) in [6.07, 6.45) is 8.56. The summed E-state index contributed by atoms with van der Waals surface area (Å²) in [5, 5.41) is 3.25. The molecular weight excluding hydrogens is 380 g/mol. The maximum atomic E-state index is 5.44. The van der Waals surface area contributed by atoms with E-state index >= 15 is 0 Å². The Morgan fingerprint density at radius 2 is 1.77 bits per heavy atom. The second-order valence-electron chi connectivity index (χ2n) is 6.86. The Morgan fingerprint density at radius 3 is 2.57 bits per heavy atom. The van der Waals surface area contributed by atoms with Crippen molar-refractivity contribution in [3.05, 3.63) is 67.6 Å². The highest BCUT2D eigenvalue weighted by Crippen LogP contribution is 2.25. The fourth-order valence-electron chi connectivity index (χ4n) is 3.35. The van der Waals surface area contributed by atoms with E-state index in [0.717, 1.165) is 60.3 Å². The molecule has 1 saturated heterocycles. The Bertz CT molecular complexity index is 1110. The number of ether oxygens (including phenoxy) is 1. The SMILES string of the molecule is c1cc(-c2cncc(N3CCOCC3)c2)nc(Nc2ccc(-c3cnco3)cc2)n1. The van der Waals surface area contributed by atoms with E-state index in [2.05, 4.69) is 36.2 Å². The maximum Gasteiger partial charge on any atom is 0.227 e. The number of rotatable bonds is 5. The van der Waals surface area contributed by atoms with Crippen LogP contribution in [0.15, 0.2) is 72.0 Å². The van der Waals surface area contributed by atoms with Gasteiger partial charge in [-0.15, -0.1) is 0 Å². The molecule has 0 saturated carbocycles.